The van der Waals surface area contributed by atoms with Crippen molar-refractivity contribution in [2.45, 2.75) is 32.1 Å². The maximum Gasteiger partial charge on any atom is 0.226 e. The predicted molar refractivity (Wildman–Crippen MR) is 71.4 cm³/mol. The third kappa shape index (κ3) is 3.58. The summed E-state index contributed by atoms with van der Waals surface area (Å²) in [7, 11) is 3.92. The average Bonchev–Trinajstić information content (AvgIpc) is 2.38. The third-order valence-electron chi connectivity index (χ3n) is 3.34. The Morgan fingerprint density at radius 2 is 2.06 bits per heavy atom. The minimum Gasteiger partial charge on any atom is -0.370 e. The monoisotopic (exact) mass is 234 g/mol. The molecule has 0 aromatic carbocycles. The van der Waals surface area contributed by atoms with Crippen molar-refractivity contribution in [3.63, 3.8) is 0 Å². The van der Waals surface area contributed by atoms with E-state index in [1.54, 1.807) is 0 Å². The number of aromatic nitrogens is 2. The molecule has 0 aliphatic heterocycles. The molecule has 1 aliphatic carbocycles. The third-order valence-corrected chi connectivity index (χ3v) is 3.34. The maximum atomic E-state index is 4.46. The van der Waals surface area contributed by atoms with E-state index in [0.29, 0.717) is 0 Å². The van der Waals surface area contributed by atoms with Gasteiger partial charge in [-0.15, -0.1) is 0 Å². The van der Waals surface area contributed by atoms with Gasteiger partial charge in [0.05, 0.1) is 0 Å². The van der Waals surface area contributed by atoms with Gasteiger partial charge in [-0.1, -0.05) is 19.3 Å². The van der Waals surface area contributed by atoms with E-state index in [-0.39, 0.29) is 0 Å². The van der Waals surface area contributed by atoms with Crippen LogP contribution in [-0.4, -0.2) is 30.6 Å². The Kier molecular flexibility index (Phi) is 4.18. The molecule has 0 atom stereocenters. The summed E-state index contributed by atoms with van der Waals surface area (Å²) in [6.45, 7) is 1.05. The molecular weight excluding hydrogens is 212 g/mol. The van der Waals surface area contributed by atoms with Crippen molar-refractivity contribution in [1.29, 1.82) is 0 Å². The lowest BCUT2D eigenvalue weighted by atomic mass is 9.89. The summed E-state index contributed by atoms with van der Waals surface area (Å²) in [5, 5.41) is 3.43. The molecule has 4 nitrogen and oxygen atoms in total. The summed E-state index contributed by atoms with van der Waals surface area (Å²) < 4.78 is 0. The second-order valence-electron chi connectivity index (χ2n) is 5.02. The maximum absolute atomic E-state index is 4.46. The Morgan fingerprint density at radius 1 is 1.29 bits per heavy atom. The van der Waals surface area contributed by atoms with Crippen molar-refractivity contribution in [3.8, 4) is 0 Å². The lowest BCUT2D eigenvalue weighted by Gasteiger charge is -2.22. The zero-order valence-electron chi connectivity index (χ0n) is 10.8. The number of nitrogens with zero attached hydrogens (tertiary/aromatic N) is 3. The highest BCUT2D eigenvalue weighted by Crippen LogP contribution is 2.23. The Labute approximate surface area is 103 Å². The van der Waals surface area contributed by atoms with E-state index >= 15 is 0 Å². The molecule has 17 heavy (non-hydrogen) atoms. The highest BCUT2D eigenvalue weighted by Gasteiger charge is 2.13. The highest BCUT2D eigenvalue weighted by molar-refractivity contribution is 5.40. The zero-order chi connectivity index (χ0) is 12.1. The first-order chi connectivity index (χ1) is 8.25. The van der Waals surface area contributed by atoms with Gasteiger partial charge >= 0.3 is 0 Å². The van der Waals surface area contributed by atoms with Crippen molar-refractivity contribution < 1.29 is 0 Å². The lowest BCUT2D eigenvalue weighted by molar-refractivity contribution is 0.373. The average molecular weight is 234 g/mol. The SMILES string of the molecule is CN(C)c1nccc(NCC2CCCCC2)n1. The lowest BCUT2D eigenvalue weighted by Crippen LogP contribution is -2.19. The van der Waals surface area contributed by atoms with E-state index in [1.165, 1.54) is 32.1 Å². The topological polar surface area (TPSA) is 41.1 Å². The van der Waals surface area contributed by atoms with Crippen LogP contribution in [0.1, 0.15) is 32.1 Å². The standard InChI is InChI=1S/C13H22N4/c1-17(2)13-14-9-8-12(16-13)15-10-11-6-4-3-5-7-11/h8-9,11H,3-7,10H2,1-2H3,(H,14,15,16). The molecule has 1 saturated carbocycles. The van der Waals surface area contributed by atoms with Crippen LogP contribution in [0.2, 0.25) is 0 Å². The predicted octanol–water partition coefficient (Wildman–Crippen LogP) is 2.53. The van der Waals surface area contributed by atoms with Gasteiger partial charge in [0.25, 0.3) is 0 Å². The van der Waals surface area contributed by atoms with Gasteiger partial charge in [0.1, 0.15) is 5.82 Å². The Hall–Kier alpha value is -1.32. The molecule has 1 aromatic heterocycles. The zero-order valence-corrected chi connectivity index (χ0v) is 10.8. The second-order valence-corrected chi connectivity index (χ2v) is 5.02. The minimum absolute atomic E-state index is 0.763. The summed E-state index contributed by atoms with van der Waals surface area (Å²) in [6, 6.07) is 1.94. The number of anilines is 2. The van der Waals surface area contributed by atoms with E-state index < -0.39 is 0 Å². The van der Waals surface area contributed by atoms with Gasteiger partial charge in [-0.05, 0) is 24.8 Å². The highest BCUT2D eigenvalue weighted by atomic mass is 15.2. The number of hydrogen-bond donors (Lipinski definition) is 1. The van der Waals surface area contributed by atoms with E-state index in [1.807, 2.05) is 31.3 Å². The Morgan fingerprint density at radius 3 is 2.76 bits per heavy atom. The van der Waals surface area contributed by atoms with Crippen molar-refractivity contribution in [3.05, 3.63) is 12.3 Å². The van der Waals surface area contributed by atoms with Crippen molar-refractivity contribution in [2.24, 2.45) is 5.92 Å². The van der Waals surface area contributed by atoms with E-state index in [4.69, 9.17) is 0 Å². The molecule has 1 aliphatic rings. The summed E-state index contributed by atoms with van der Waals surface area (Å²) in [5.41, 5.74) is 0. The fourth-order valence-corrected chi connectivity index (χ4v) is 2.30. The number of nitrogens with one attached hydrogen (secondary N) is 1. The quantitative estimate of drug-likeness (QED) is 0.869. The smallest absolute Gasteiger partial charge is 0.226 e. The summed E-state index contributed by atoms with van der Waals surface area (Å²) in [4.78, 5) is 10.6. The van der Waals surface area contributed by atoms with Gasteiger partial charge < -0.3 is 10.2 Å². The van der Waals surface area contributed by atoms with Gasteiger partial charge in [0, 0.05) is 26.8 Å². The summed E-state index contributed by atoms with van der Waals surface area (Å²) in [5.74, 6) is 2.52. The van der Waals surface area contributed by atoms with Crippen LogP contribution in [0.15, 0.2) is 12.3 Å². The molecule has 0 amide bonds. The molecule has 4 heteroatoms. The summed E-state index contributed by atoms with van der Waals surface area (Å²) in [6.07, 6.45) is 8.72. The van der Waals surface area contributed by atoms with Crippen molar-refractivity contribution >= 4 is 11.8 Å². The molecule has 2 rings (SSSR count). The van der Waals surface area contributed by atoms with E-state index in [0.717, 1.165) is 24.2 Å². The van der Waals surface area contributed by atoms with Crippen molar-refractivity contribution in [1.82, 2.24) is 9.97 Å². The van der Waals surface area contributed by atoms with Gasteiger partial charge in [-0.25, -0.2) is 4.98 Å². The first-order valence-corrected chi connectivity index (χ1v) is 6.50. The van der Waals surface area contributed by atoms with E-state index in [9.17, 15) is 0 Å². The van der Waals surface area contributed by atoms with Gasteiger partial charge in [-0.3, -0.25) is 0 Å². The van der Waals surface area contributed by atoms with Crippen LogP contribution in [0.3, 0.4) is 0 Å². The van der Waals surface area contributed by atoms with Crippen LogP contribution in [-0.2, 0) is 0 Å². The molecule has 1 aromatic rings. The van der Waals surface area contributed by atoms with Gasteiger partial charge in [0.2, 0.25) is 5.95 Å². The molecular formula is C13H22N4. The van der Waals surface area contributed by atoms with E-state index in [2.05, 4.69) is 15.3 Å². The van der Waals surface area contributed by atoms with Crippen LogP contribution in [0.4, 0.5) is 11.8 Å². The number of rotatable bonds is 4. The largest absolute Gasteiger partial charge is 0.370 e. The molecule has 1 N–H and O–H groups in total. The fraction of sp³-hybridized carbons (Fsp3) is 0.692. The Balaban J connectivity index is 1.87. The van der Waals surface area contributed by atoms with Crippen LogP contribution in [0.5, 0.6) is 0 Å². The molecule has 94 valence electrons. The molecule has 0 unspecified atom stereocenters. The summed E-state index contributed by atoms with van der Waals surface area (Å²) >= 11 is 0. The molecule has 0 bridgehead atoms. The first kappa shape index (κ1) is 12.1. The van der Waals surface area contributed by atoms with Crippen LogP contribution >= 0.6 is 0 Å². The normalized spacial score (nSPS) is 16.8. The Bertz CT molecular complexity index is 345. The second kappa shape index (κ2) is 5.84. The van der Waals surface area contributed by atoms with Gasteiger partial charge in [-0.2, -0.15) is 4.98 Å². The first-order valence-electron chi connectivity index (χ1n) is 6.50. The molecule has 0 saturated heterocycles. The van der Waals surface area contributed by atoms with Crippen molar-refractivity contribution in [2.75, 3.05) is 30.9 Å². The minimum atomic E-state index is 0.763. The van der Waals surface area contributed by atoms with Crippen LogP contribution < -0.4 is 10.2 Å². The molecule has 0 radical (unpaired) electrons. The van der Waals surface area contributed by atoms with Gasteiger partial charge in [0.15, 0.2) is 0 Å². The fourth-order valence-electron chi connectivity index (χ4n) is 2.30. The van der Waals surface area contributed by atoms with Crippen LogP contribution in [0, 0.1) is 5.92 Å². The molecule has 1 heterocycles. The molecule has 0 spiro atoms. The van der Waals surface area contributed by atoms with Crippen LogP contribution in [0.25, 0.3) is 0 Å². The molecule has 1 fully saturated rings. The number of hydrogen-bond acceptors (Lipinski definition) is 4.